The van der Waals surface area contributed by atoms with Crippen LogP contribution in [-0.4, -0.2) is 32.4 Å². The van der Waals surface area contributed by atoms with Gasteiger partial charge >= 0.3 is 0 Å². The van der Waals surface area contributed by atoms with Crippen molar-refractivity contribution in [1.82, 2.24) is 20.2 Å². The molecule has 23 heavy (non-hydrogen) atoms. The lowest BCUT2D eigenvalue weighted by molar-refractivity contribution is 0.102. The smallest absolute Gasteiger partial charge is 0.255 e. The Bertz CT molecular complexity index is 803. The highest BCUT2D eigenvalue weighted by molar-refractivity contribution is 7.97. The zero-order chi connectivity index (χ0) is 16.1. The van der Waals surface area contributed by atoms with Gasteiger partial charge in [-0.3, -0.25) is 4.79 Å². The van der Waals surface area contributed by atoms with Gasteiger partial charge in [0.05, 0.1) is 11.4 Å². The Morgan fingerprint density at radius 1 is 1.17 bits per heavy atom. The van der Waals surface area contributed by atoms with Crippen molar-refractivity contribution in [3.63, 3.8) is 0 Å². The van der Waals surface area contributed by atoms with Gasteiger partial charge < -0.3 is 5.32 Å². The van der Waals surface area contributed by atoms with Gasteiger partial charge in [0.25, 0.3) is 5.91 Å². The van der Waals surface area contributed by atoms with E-state index >= 15 is 0 Å². The molecule has 1 amide bonds. The molecular weight excluding hydrogens is 310 g/mol. The second-order valence-electron chi connectivity index (χ2n) is 4.81. The average molecular weight is 325 g/mol. The van der Waals surface area contributed by atoms with Crippen LogP contribution in [-0.2, 0) is 5.75 Å². The molecule has 1 heterocycles. The molecule has 0 spiro atoms. The van der Waals surface area contributed by atoms with E-state index in [1.54, 1.807) is 28.6 Å². The molecule has 6 nitrogen and oxygen atoms in total. The first-order chi connectivity index (χ1) is 11.3. The van der Waals surface area contributed by atoms with E-state index in [1.165, 1.54) is 0 Å². The summed E-state index contributed by atoms with van der Waals surface area (Å²) in [5, 5.41) is 14.6. The van der Waals surface area contributed by atoms with E-state index in [2.05, 4.69) is 20.8 Å². The molecule has 116 valence electrons. The summed E-state index contributed by atoms with van der Waals surface area (Å²) in [6.45, 7) is 0. The van der Waals surface area contributed by atoms with Gasteiger partial charge in [0.2, 0.25) is 0 Å². The molecule has 2 aromatic carbocycles. The summed E-state index contributed by atoms with van der Waals surface area (Å²) < 4.78 is 1.68. The van der Waals surface area contributed by atoms with Crippen LogP contribution in [0.4, 0.5) is 5.69 Å². The number of aromatic nitrogens is 4. The van der Waals surface area contributed by atoms with E-state index in [0.717, 1.165) is 11.5 Å². The normalized spacial score (nSPS) is 10.5. The Kier molecular flexibility index (Phi) is 4.68. The van der Waals surface area contributed by atoms with Gasteiger partial charge in [0.1, 0.15) is 0 Å². The molecule has 0 aliphatic carbocycles. The van der Waals surface area contributed by atoms with Crippen molar-refractivity contribution in [2.45, 2.75) is 5.75 Å². The van der Waals surface area contributed by atoms with Crippen LogP contribution in [0.5, 0.6) is 0 Å². The quantitative estimate of drug-likeness (QED) is 0.781. The number of amides is 1. The Hall–Kier alpha value is -2.67. The fourth-order valence-corrected chi connectivity index (χ4v) is 2.57. The van der Waals surface area contributed by atoms with Crippen LogP contribution in [0.3, 0.4) is 0 Å². The molecule has 1 aromatic heterocycles. The highest BCUT2D eigenvalue weighted by Gasteiger charge is 2.10. The number of benzene rings is 2. The lowest BCUT2D eigenvalue weighted by Gasteiger charge is -2.08. The molecule has 0 saturated carbocycles. The van der Waals surface area contributed by atoms with E-state index in [0.29, 0.717) is 17.0 Å². The maximum atomic E-state index is 12.2. The fourth-order valence-electron chi connectivity index (χ4n) is 2.13. The largest absolute Gasteiger partial charge is 0.322 e. The summed E-state index contributed by atoms with van der Waals surface area (Å²) in [5.74, 6) is 1.33. The van der Waals surface area contributed by atoms with Crippen molar-refractivity contribution in [3.8, 4) is 5.69 Å². The molecular formula is C16H15N5OS. The van der Waals surface area contributed by atoms with Crippen molar-refractivity contribution >= 4 is 23.4 Å². The maximum absolute atomic E-state index is 12.2. The van der Waals surface area contributed by atoms with E-state index in [9.17, 15) is 4.79 Å². The first kappa shape index (κ1) is 15.2. The van der Waals surface area contributed by atoms with E-state index < -0.39 is 0 Å². The van der Waals surface area contributed by atoms with Crippen LogP contribution in [0, 0.1) is 0 Å². The van der Waals surface area contributed by atoms with E-state index in [4.69, 9.17) is 0 Å². The molecule has 0 bridgehead atoms. The third kappa shape index (κ3) is 3.57. The number of hydrogen-bond acceptors (Lipinski definition) is 5. The minimum Gasteiger partial charge on any atom is -0.322 e. The van der Waals surface area contributed by atoms with Crippen LogP contribution < -0.4 is 5.32 Å². The number of nitrogens with one attached hydrogen (secondary N) is 1. The van der Waals surface area contributed by atoms with Gasteiger partial charge in [-0.15, -0.1) is 5.10 Å². The molecule has 0 atom stereocenters. The maximum Gasteiger partial charge on any atom is 0.255 e. The second-order valence-corrected chi connectivity index (χ2v) is 5.68. The molecule has 3 aromatic rings. The average Bonchev–Trinajstić information content (AvgIpc) is 3.04. The Labute approximate surface area is 137 Å². The summed E-state index contributed by atoms with van der Waals surface area (Å²) in [4.78, 5) is 12.2. The molecule has 1 N–H and O–H groups in total. The molecule has 0 aliphatic rings. The molecule has 7 heteroatoms. The number of tetrazole rings is 1. The predicted octanol–water partition coefficient (Wildman–Crippen LogP) is 2.78. The minimum absolute atomic E-state index is 0.149. The van der Waals surface area contributed by atoms with Gasteiger partial charge in [0, 0.05) is 11.3 Å². The molecule has 0 aliphatic heterocycles. The Balaban J connectivity index is 1.83. The SMILES string of the molecule is CSCc1nnnn1-c1cccc(NC(=O)c2ccccc2)c1. The van der Waals surface area contributed by atoms with Gasteiger partial charge in [-0.05, 0) is 47.0 Å². The Morgan fingerprint density at radius 3 is 2.78 bits per heavy atom. The third-order valence-electron chi connectivity index (χ3n) is 3.19. The number of rotatable bonds is 5. The van der Waals surface area contributed by atoms with Crippen molar-refractivity contribution in [2.24, 2.45) is 0 Å². The number of hydrogen-bond donors (Lipinski definition) is 1. The summed E-state index contributed by atoms with van der Waals surface area (Å²) >= 11 is 1.65. The summed E-state index contributed by atoms with van der Waals surface area (Å²) in [6, 6.07) is 16.5. The van der Waals surface area contributed by atoms with E-state index in [1.807, 2.05) is 48.7 Å². The van der Waals surface area contributed by atoms with Crippen molar-refractivity contribution in [1.29, 1.82) is 0 Å². The van der Waals surface area contributed by atoms with E-state index in [-0.39, 0.29) is 5.91 Å². The lowest BCUT2D eigenvalue weighted by atomic mass is 10.2. The van der Waals surface area contributed by atoms with Crippen LogP contribution in [0.15, 0.2) is 54.6 Å². The highest BCUT2D eigenvalue weighted by atomic mass is 32.2. The topological polar surface area (TPSA) is 72.7 Å². The van der Waals surface area contributed by atoms with Crippen molar-refractivity contribution < 1.29 is 4.79 Å². The summed E-state index contributed by atoms with van der Waals surface area (Å²) in [6.07, 6.45) is 2.00. The zero-order valence-corrected chi connectivity index (χ0v) is 13.3. The fraction of sp³-hybridized carbons (Fsp3) is 0.125. The lowest BCUT2D eigenvalue weighted by Crippen LogP contribution is -2.12. The van der Waals surface area contributed by atoms with Crippen molar-refractivity contribution in [2.75, 3.05) is 11.6 Å². The standard InChI is InChI=1S/C16H15N5OS/c1-23-11-15-18-19-20-21(15)14-9-5-8-13(10-14)17-16(22)12-6-3-2-4-7-12/h2-10H,11H2,1H3,(H,17,22). The van der Waals surface area contributed by atoms with Gasteiger partial charge in [0.15, 0.2) is 5.82 Å². The molecule has 3 rings (SSSR count). The molecule has 0 fully saturated rings. The van der Waals surface area contributed by atoms with Crippen LogP contribution in [0.1, 0.15) is 16.2 Å². The number of thioether (sulfide) groups is 1. The summed E-state index contributed by atoms with van der Waals surface area (Å²) in [7, 11) is 0. The molecule has 0 unspecified atom stereocenters. The number of carbonyl (C=O) groups excluding carboxylic acids is 1. The van der Waals surface area contributed by atoms with Crippen molar-refractivity contribution in [3.05, 3.63) is 66.0 Å². The predicted molar refractivity (Wildman–Crippen MR) is 90.8 cm³/mol. The number of carbonyl (C=O) groups is 1. The third-order valence-corrected chi connectivity index (χ3v) is 3.74. The number of anilines is 1. The molecule has 0 radical (unpaired) electrons. The number of nitrogens with zero attached hydrogens (tertiary/aromatic N) is 4. The molecule has 0 saturated heterocycles. The van der Waals surface area contributed by atoms with Crippen LogP contribution in [0.2, 0.25) is 0 Å². The van der Waals surface area contributed by atoms with Gasteiger partial charge in [-0.1, -0.05) is 24.3 Å². The monoisotopic (exact) mass is 325 g/mol. The second kappa shape index (κ2) is 7.06. The van der Waals surface area contributed by atoms with Gasteiger partial charge in [-0.2, -0.15) is 16.4 Å². The minimum atomic E-state index is -0.149. The first-order valence-electron chi connectivity index (χ1n) is 7.01. The first-order valence-corrected chi connectivity index (χ1v) is 8.40. The van der Waals surface area contributed by atoms with Gasteiger partial charge in [-0.25, -0.2) is 0 Å². The van der Waals surface area contributed by atoms with Crippen LogP contribution >= 0.6 is 11.8 Å². The zero-order valence-electron chi connectivity index (χ0n) is 12.5. The Morgan fingerprint density at radius 2 is 2.00 bits per heavy atom. The highest BCUT2D eigenvalue weighted by Crippen LogP contribution is 2.17. The van der Waals surface area contributed by atoms with Crippen LogP contribution in [0.25, 0.3) is 5.69 Å². The summed E-state index contributed by atoms with van der Waals surface area (Å²) in [5.41, 5.74) is 2.12.